The van der Waals surface area contributed by atoms with Crippen LogP contribution in [0.25, 0.3) is 0 Å². The van der Waals surface area contributed by atoms with Crippen LogP contribution >= 0.6 is 11.8 Å². The lowest BCUT2D eigenvalue weighted by atomic mass is 9.93. The van der Waals surface area contributed by atoms with E-state index in [1.54, 1.807) is 19.1 Å². The summed E-state index contributed by atoms with van der Waals surface area (Å²) in [4.78, 5) is 24.7. The Morgan fingerprint density at radius 3 is 2.52 bits per heavy atom. The number of hydrogen-bond donors (Lipinski definition) is 1. The van der Waals surface area contributed by atoms with Gasteiger partial charge < -0.3 is 19.5 Å². The van der Waals surface area contributed by atoms with Gasteiger partial charge in [-0.15, -0.1) is 11.8 Å². The number of amides is 1. The molecule has 0 saturated heterocycles. The van der Waals surface area contributed by atoms with Gasteiger partial charge in [0.15, 0.2) is 11.5 Å². The maximum atomic E-state index is 12.3. The van der Waals surface area contributed by atoms with Crippen LogP contribution in [0.5, 0.6) is 11.5 Å². The van der Waals surface area contributed by atoms with E-state index in [0.29, 0.717) is 18.0 Å². The first-order valence-electron chi connectivity index (χ1n) is 7.31. The Morgan fingerprint density at radius 2 is 1.91 bits per heavy atom. The molecule has 7 heteroatoms. The lowest BCUT2D eigenvalue weighted by Gasteiger charge is -2.35. The van der Waals surface area contributed by atoms with Crippen LogP contribution < -0.4 is 9.47 Å². The number of carbonyl (C=O) groups excluding carboxylic acids is 1. The minimum absolute atomic E-state index is 0.0378. The summed E-state index contributed by atoms with van der Waals surface area (Å²) in [6.45, 7) is 2.60. The van der Waals surface area contributed by atoms with Gasteiger partial charge in [0.25, 0.3) is 0 Å². The number of carboxylic acid groups (broad SMARTS) is 1. The molecule has 1 N–H and O–H groups in total. The third-order valence-electron chi connectivity index (χ3n) is 3.96. The zero-order valence-electron chi connectivity index (χ0n) is 13.5. The quantitative estimate of drug-likeness (QED) is 0.854. The highest BCUT2D eigenvalue weighted by atomic mass is 32.2. The summed E-state index contributed by atoms with van der Waals surface area (Å²) in [5, 5.41) is 8.65. The van der Waals surface area contributed by atoms with Crippen molar-refractivity contribution in [1.82, 2.24) is 4.90 Å². The highest BCUT2D eigenvalue weighted by molar-refractivity contribution is 8.00. The maximum absolute atomic E-state index is 12.3. The smallest absolute Gasteiger partial charge is 0.313 e. The number of aliphatic carboxylic acids is 1. The molecule has 0 bridgehead atoms. The molecular formula is C16H21NO5S. The second-order valence-corrected chi connectivity index (χ2v) is 6.29. The molecule has 1 atom stereocenters. The first-order chi connectivity index (χ1) is 11.0. The minimum atomic E-state index is -0.906. The van der Waals surface area contributed by atoms with Crippen LogP contribution in [0.4, 0.5) is 0 Å². The van der Waals surface area contributed by atoms with Gasteiger partial charge in [0.2, 0.25) is 5.91 Å². The normalized spacial score (nSPS) is 16.7. The lowest BCUT2D eigenvalue weighted by Crippen LogP contribution is -2.40. The number of carboxylic acids is 1. The molecule has 0 spiro atoms. The molecule has 1 aliphatic heterocycles. The van der Waals surface area contributed by atoms with E-state index in [9.17, 15) is 9.59 Å². The SMILES string of the molecule is COc1cc2c(cc1OC)[C@@H](C)N(C(=O)CSCC(=O)O)CC2. The summed E-state index contributed by atoms with van der Waals surface area (Å²) in [6, 6.07) is 3.81. The van der Waals surface area contributed by atoms with Crippen molar-refractivity contribution < 1.29 is 24.2 Å². The number of methoxy groups -OCH3 is 2. The highest BCUT2D eigenvalue weighted by Gasteiger charge is 2.29. The van der Waals surface area contributed by atoms with Crippen LogP contribution in [0.3, 0.4) is 0 Å². The molecule has 0 fully saturated rings. The van der Waals surface area contributed by atoms with Gasteiger partial charge in [-0.1, -0.05) is 0 Å². The molecule has 1 aromatic carbocycles. The summed E-state index contributed by atoms with van der Waals surface area (Å²) in [5.74, 6) is 0.512. The molecule has 0 saturated carbocycles. The van der Waals surface area contributed by atoms with E-state index in [1.165, 1.54) is 0 Å². The molecule has 0 radical (unpaired) electrons. The summed E-state index contributed by atoms with van der Waals surface area (Å²) >= 11 is 1.12. The van der Waals surface area contributed by atoms with Crippen LogP contribution in [-0.4, -0.2) is 54.2 Å². The van der Waals surface area contributed by atoms with Crippen LogP contribution in [0, 0.1) is 0 Å². The monoisotopic (exact) mass is 339 g/mol. The second-order valence-electron chi connectivity index (χ2n) is 5.31. The molecule has 1 aliphatic rings. The van der Waals surface area contributed by atoms with Crippen LogP contribution in [0.2, 0.25) is 0 Å². The zero-order chi connectivity index (χ0) is 17.0. The Morgan fingerprint density at radius 1 is 1.26 bits per heavy atom. The minimum Gasteiger partial charge on any atom is -0.493 e. The van der Waals surface area contributed by atoms with E-state index in [4.69, 9.17) is 14.6 Å². The Labute approximate surface area is 139 Å². The number of carbonyl (C=O) groups is 2. The maximum Gasteiger partial charge on any atom is 0.313 e. The molecule has 1 aromatic rings. The van der Waals surface area contributed by atoms with E-state index < -0.39 is 5.97 Å². The predicted molar refractivity (Wildman–Crippen MR) is 88.3 cm³/mol. The van der Waals surface area contributed by atoms with E-state index in [0.717, 1.165) is 29.3 Å². The molecule has 0 unspecified atom stereocenters. The Kier molecular flexibility index (Phi) is 5.76. The van der Waals surface area contributed by atoms with Crippen molar-refractivity contribution in [1.29, 1.82) is 0 Å². The summed E-state index contributed by atoms with van der Waals surface area (Å²) in [6.07, 6.45) is 0.745. The fourth-order valence-corrected chi connectivity index (χ4v) is 3.41. The molecular weight excluding hydrogens is 318 g/mol. The molecule has 0 aromatic heterocycles. The lowest BCUT2D eigenvalue weighted by molar-refractivity contribution is -0.133. The van der Waals surface area contributed by atoms with Gasteiger partial charge in [0.05, 0.1) is 31.8 Å². The summed E-state index contributed by atoms with van der Waals surface area (Å²) < 4.78 is 10.7. The molecule has 6 nitrogen and oxygen atoms in total. The number of hydrogen-bond acceptors (Lipinski definition) is 5. The molecule has 1 heterocycles. The average molecular weight is 339 g/mol. The Hall–Kier alpha value is -1.89. The van der Waals surface area contributed by atoms with E-state index >= 15 is 0 Å². The number of fused-ring (bicyclic) bond motifs is 1. The van der Waals surface area contributed by atoms with Crippen molar-refractivity contribution in [2.45, 2.75) is 19.4 Å². The van der Waals surface area contributed by atoms with Gasteiger partial charge in [-0.25, -0.2) is 0 Å². The van der Waals surface area contributed by atoms with Gasteiger partial charge in [-0.3, -0.25) is 9.59 Å². The number of rotatable bonds is 6. The molecule has 23 heavy (non-hydrogen) atoms. The van der Waals surface area contributed by atoms with E-state index in [-0.39, 0.29) is 23.5 Å². The zero-order valence-corrected chi connectivity index (χ0v) is 14.3. The fraction of sp³-hybridized carbons (Fsp3) is 0.500. The molecule has 1 amide bonds. The standard InChI is InChI=1S/C16H21NO5S/c1-10-12-7-14(22-3)13(21-2)6-11(12)4-5-17(10)15(18)8-23-9-16(19)20/h6-7,10H,4-5,8-9H2,1-3H3,(H,19,20)/t10-/m1/s1. The van der Waals surface area contributed by atoms with Crippen molar-refractivity contribution in [2.24, 2.45) is 0 Å². The molecule has 0 aliphatic carbocycles. The third kappa shape index (κ3) is 3.90. The van der Waals surface area contributed by atoms with Crippen LogP contribution in [-0.2, 0) is 16.0 Å². The van der Waals surface area contributed by atoms with Gasteiger partial charge in [0, 0.05) is 6.54 Å². The number of benzene rings is 1. The van der Waals surface area contributed by atoms with Crippen molar-refractivity contribution in [3.63, 3.8) is 0 Å². The fourth-order valence-electron chi connectivity index (χ4n) is 2.79. The highest BCUT2D eigenvalue weighted by Crippen LogP contribution is 2.38. The molecule has 126 valence electrons. The topological polar surface area (TPSA) is 76.1 Å². The first-order valence-corrected chi connectivity index (χ1v) is 8.47. The second kappa shape index (κ2) is 7.59. The Balaban J connectivity index is 2.15. The van der Waals surface area contributed by atoms with Crippen molar-refractivity contribution in [2.75, 3.05) is 32.3 Å². The van der Waals surface area contributed by atoms with Crippen molar-refractivity contribution >= 4 is 23.6 Å². The first kappa shape index (κ1) is 17.5. The Bertz CT molecular complexity index is 604. The number of thioether (sulfide) groups is 1. The van der Waals surface area contributed by atoms with Crippen LogP contribution in [0.15, 0.2) is 12.1 Å². The van der Waals surface area contributed by atoms with Gasteiger partial charge in [0.1, 0.15) is 0 Å². The van der Waals surface area contributed by atoms with E-state index in [2.05, 4.69) is 0 Å². The van der Waals surface area contributed by atoms with Gasteiger partial charge in [-0.2, -0.15) is 0 Å². The van der Waals surface area contributed by atoms with Crippen molar-refractivity contribution in [3.8, 4) is 11.5 Å². The summed E-state index contributed by atoms with van der Waals surface area (Å²) in [5.41, 5.74) is 2.20. The van der Waals surface area contributed by atoms with Gasteiger partial charge >= 0.3 is 5.97 Å². The average Bonchev–Trinajstić information content (AvgIpc) is 2.53. The number of nitrogens with zero attached hydrogens (tertiary/aromatic N) is 1. The summed E-state index contributed by atoms with van der Waals surface area (Å²) in [7, 11) is 3.19. The van der Waals surface area contributed by atoms with Gasteiger partial charge in [-0.05, 0) is 36.6 Å². The number of ether oxygens (including phenoxy) is 2. The van der Waals surface area contributed by atoms with E-state index in [1.807, 2.05) is 19.1 Å². The molecule has 2 rings (SSSR count). The van der Waals surface area contributed by atoms with Crippen molar-refractivity contribution in [3.05, 3.63) is 23.3 Å². The predicted octanol–water partition coefficient (Wildman–Crippen LogP) is 1.97. The van der Waals surface area contributed by atoms with Crippen LogP contribution in [0.1, 0.15) is 24.1 Å². The third-order valence-corrected chi connectivity index (χ3v) is 4.86. The largest absolute Gasteiger partial charge is 0.493 e.